The van der Waals surface area contributed by atoms with E-state index in [0.717, 1.165) is 32.7 Å². The molecule has 0 bridgehead atoms. The molecule has 0 aromatic carbocycles. The molecule has 0 aliphatic carbocycles. The van der Waals surface area contributed by atoms with E-state index in [1.165, 1.54) is 0 Å². The molecule has 1 heterocycles. The molecule has 0 aromatic heterocycles. The molecule has 1 saturated heterocycles. The first-order chi connectivity index (χ1) is 5.20. The minimum atomic E-state index is 0.119. The lowest BCUT2D eigenvalue weighted by atomic mass is 10.0. The number of hydrogen-bond donors (Lipinski definition) is 0. The predicted molar refractivity (Wildman–Crippen MR) is 46.8 cm³/mol. The Labute approximate surface area is 69.5 Å². The highest BCUT2D eigenvalue weighted by Crippen LogP contribution is 2.20. The second-order valence-corrected chi connectivity index (χ2v) is 3.52. The van der Waals surface area contributed by atoms with Crippen LogP contribution in [0.1, 0.15) is 27.2 Å². The summed E-state index contributed by atoms with van der Waals surface area (Å²) in [6.07, 6.45) is 1.11. The van der Waals surface area contributed by atoms with Gasteiger partial charge in [0.05, 0.1) is 12.2 Å². The number of morpholine rings is 1. The molecule has 0 aromatic rings. The first-order valence-corrected chi connectivity index (χ1v) is 4.56. The maximum absolute atomic E-state index is 5.70. The lowest BCUT2D eigenvalue weighted by Gasteiger charge is -2.39. The lowest BCUT2D eigenvalue weighted by molar-refractivity contribution is -0.0980. The molecule has 0 amide bonds. The van der Waals surface area contributed by atoms with Crippen LogP contribution in [0.3, 0.4) is 0 Å². The first-order valence-electron chi connectivity index (χ1n) is 4.56. The predicted octanol–water partition coefficient (Wildman–Crippen LogP) is 1.51. The molecular weight excluding hydrogens is 138 g/mol. The second kappa shape index (κ2) is 3.55. The molecule has 0 unspecified atom stereocenters. The van der Waals surface area contributed by atoms with Crippen LogP contribution < -0.4 is 0 Å². The number of hydrogen-bond acceptors (Lipinski definition) is 2. The van der Waals surface area contributed by atoms with Crippen molar-refractivity contribution in [3.63, 3.8) is 0 Å². The van der Waals surface area contributed by atoms with Gasteiger partial charge in [-0.3, -0.25) is 4.90 Å². The summed E-state index contributed by atoms with van der Waals surface area (Å²) in [5, 5.41) is 0. The van der Waals surface area contributed by atoms with Gasteiger partial charge in [0, 0.05) is 13.1 Å². The van der Waals surface area contributed by atoms with Crippen LogP contribution in [0.2, 0.25) is 0 Å². The number of likely N-dealkylation sites (N-methyl/N-ethyl adjacent to an activating group) is 1. The molecule has 1 atom stereocenters. The fourth-order valence-corrected chi connectivity index (χ4v) is 1.50. The van der Waals surface area contributed by atoms with E-state index < -0.39 is 0 Å². The Kier molecular flexibility index (Phi) is 2.90. The smallest absolute Gasteiger partial charge is 0.0778 e. The molecule has 1 rings (SSSR count). The van der Waals surface area contributed by atoms with E-state index in [1.807, 2.05) is 0 Å². The summed E-state index contributed by atoms with van der Waals surface area (Å²) in [7, 11) is 0. The molecule has 11 heavy (non-hydrogen) atoms. The van der Waals surface area contributed by atoms with E-state index in [9.17, 15) is 0 Å². The number of nitrogens with zero attached hydrogens (tertiary/aromatic N) is 1. The molecule has 66 valence electrons. The van der Waals surface area contributed by atoms with Gasteiger partial charge in [0.1, 0.15) is 0 Å². The standard InChI is InChI=1S/C9H19NO/c1-4-9(3)8-10(5-2)6-7-11-9/h4-8H2,1-3H3/t9-/m1/s1. The number of ether oxygens (including phenoxy) is 1. The molecule has 0 N–H and O–H groups in total. The van der Waals surface area contributed by atoms with E-state index in [0.29, 0.717) is 0 Å². The van der Waals surface area contributed by atoms with Gasteiger partial charge < -0.3 is 4.74 Å². The SMILES string of the molecule is CCN1CCO[C@](C)(CC)C1. The Balaban J connectivity index is 2.44. The fourth-order valence-electron chi connectivity index (χ4n) is 1.50. The summed E-state index contributed by atoms with van der Waals surface area (Å²) in [6, 6.07) is 0. The summed E-state index contributed by atoms with van der Waals surface area (Å²) >= 11 is 0. The van der Waals surface area contributed by atoms with Gasteiger partial charge in [-0.15, -0.1) is 0 Å². The minimum Gasteiger partial charge on any atom is -0.373 e. The molecule has 0 spiro atoms. The number of rotatable bonds is 2. The van der Waals surface area contributed by atoms with Gasteiger partial charge in [-0.25, -0.2) is 0 Å². The van der Waals surface area contributed by atoms with Crippen molar-refractivity contribution in [2.24, 2.45) is 0 Å². The summed E-state index contributed by atoms with van der Waals surface area (Å²) in [4.78, 5) is 2.45. The highest BCUT2D eigenvalue weighted by molar-refractivity contribution is 4.81. The lowest BCUT2D eigenvalue weighted by Crippen LogP contribution is -2.49. The third-order valence-corrected chi connectivity index (χ3v) is 2.61. The van der Waals surface area contributed by atoms with E-state index in [-0.39, 0.29) is 5.60 Å². The van der Waals surface area contributed by atoms with Crippen molar-refractivity contribution in [1.29, 1.82) is 0 Å². The van der Waals surface area contributed by atoms with Crippen molar-refractivity contribution in [2.75, 3.05) is 26.2 Å². The van der Waals surface area contributed by atoms with Crippen molar-refractivity contribution in [3.8, 4) is 0 Å². The quantitative estimate of drug-likeness (QED) is 0.602. The van der Waals surface area contributed by atoms with Crippen LogP contribution in [0.25, 0.3) is 0 Å². The maximum atomic E-state index is 5.70. The molecule has 1 fully saturated rings. The van der Waals surface area contributed by atoms with Crippen LogP contribution in [0.15, 0.2) is 0 Å². The zero-order chi connectivity index (χ0) is 8.32. The van der Waals surface area contributed by atoms with Crippen LogP contribution >= 0.6 is 0 Å². The Bertz CT molecular complexity index is 127. The highest BCUT2D eigenvalue weighted by atomic mass is 16.5. The average molecular weight is 157 g/mol. The molecule has 1 aliphatic rings. The molecular formula is C9H19NO. The molecule has 0 saturated carbocycles. The van der Waals surface area contributed by atoms with E-state index in [1.54, 1.807) is 0 Å². The summed E-state index contributed by atoms with van der Waals surface area (Å²) < 4.78 is 5.70. The van der Waals surface area contributed by atoms with Crippen molar-refractivity contribution in [2.45, 2.75) is 32.8 Å². The largest absolute Gasteiger partial charge is 0.373 e. The van der Waals surface area contributed by atoms with Crippen molar-refractivity contribution in [1.82, 2.24) is 4.90 Å². The fraction of sp³-hybridized carbons (Fsp3) is 1.00. The summed E-state index contributed by atoms with van der Waals surface area (Å²) in [5.41, 5.74) is 0.119. The molecule has 2 nitrogen and oxygen atoms in total. The average Bonchev–Trinajstić information content (AvgIpc) is 2.05. The third kappa shape index (κ3) is 2.17. The highest BCUT2D eigenvalue weighted by Gasteiger charge is 2.28. The molecule has 2 heteroatoms. The van der Waals surface area contributed by atoms with E-state index in [2.05, 4.69) is 25.7 Å². The second-order valence-electron chi connectivity index (χ2n) is 3.52. The first kappa shape index (κ1) is 9.01. The topological polar surface area (TPSA) is 12.5 Å². The van der Waals surface area contributed by atoms with Crippen LogP contribution in [-0.4, -0.2) is 36.7 Å². The third-order valence-electron chi connectivity index (χ3n) is 2.61. The van der Waals surface area contributed by atoms with Crippen LogP contribution in [0.5, 0.6) is 0 Å². The van der Waals surface area contributed by atoms with Gasteiger partial charge in [0.2, 0.25) is 0 Å². The normalized spacial score (nSPS) is 34.1. The molecule has 0 radical (unpaired) electrons. The summed E-state index contributed by atoms with van der Waals surface area (Å²) in [5.74, 6) is 0. The molecule has 1 aliphatic heterocycles. The van der Waals surface area contributed by atoms with E-state index in [4.69, 9.17) is 4.74 Å². The van der Waals surface area contributed by atoms with Gasteiger partial charge in [-0.2, -0.15) is 0 Å². The Morgan fingerprint density at radius 3 is 2.73 bits per heavy atom. The Morgan fingerprint density at radius 2 is 2.18 bits per heavy atom. The van der Waals surface area contributed by atoms with Crippen molar-refractivity contribution < 1.29 is 4.74 Å². The van der Waals surface area contributed by atoms with Crippen molar-refractivity contribution in [3.05, 3.63) is 0 Å². The van der Waals surface area contributed by atoms with E-state index >= 15 is 0 Å². The maximum Gasteiger partial charge on any atom is 0.0778 e. The zero-order valence-corrected chi connectivity index (χ0v) is 7.89. The van der Waals surface area contributed by atoms with Gasteiger partial charge in [0.25, 0.3) is 0 Å². The minimum absolute atomic E-state index is 0.119. The van der Waals surface area contributed by atoms with Gasteiger partial charge in [0.15, 0.2) is 0 Å². The van der Waals surface area contributed by atoms with Gasteiger partial charge in [-0.1, -0.05) is 13.8 Å². The van der Waals surface area contributed by atoms with Gasteiger partial charge in [-0.05, 0) is 19.9 Å². The Morgan fingerprint density at radius 1 is 1.45 bits per heavy atom. The van der Waals surface area contributed by atoms with Crippen LogP contribution in [0.4, 0.5) is 0 Å². The van der Waals surface area contributed by atoms with Crippen LogP contribution in [0, 0.1) is 0 Å². The van der Waals surface area contributed by atoms with Crippen LogP contribution in [-0.2, 0) is 4.74 Å². The van der Waals surface area contributed by atoms with Gasteiger partial charge >= 0.3 is 0 Å². The monoisotopic (exact) mass is 157 g/mol. The Hall–Kier alpha value is -0.0800. The van der Waals surface area contributed by atoms with Crippen molar-refractivity contribution >= 4 is 0 Å². The zero-order valence-electron chi connectivity index (χ0n) is 7.89. The summed E-state index contributed by atoms with van der Waals surface area (Å²) in [6.45, 7) is 10.9.